The van der Waals surface area contributed by atoms with E-state index < -0.39 is 12.1 Å². The summed E-state index contributed by atoms with van der Waals surface area (Å²) in [5, 5.41) is 9.45. The molecule has 0 aliphatic carbocycles. The molecule has 0 saturated heterocycles. The Balaban J connectivity index is 2.13. The Kier molecular flexibility index (Phi) is 5.43. The average molecular weight is 312 g/mol. The van der Waals surface area contributed by atoms with Crippen molar-refractivity contribution >= 4 is 5.97 Å². The molecule has 0 aromatic heterocycles. The van der Waals surface area contributed by atoms with E-state index in [-0.39, 0.29) is 0 Å². The zero-order valence-electron chi connectivity index (χ0n) is 14.2. The molecule has 2 aromatic rings. The maximum absolute atomic E-state index is 11.5. The molecule has 0 amide bonds. The Morgan fingerprint density at radius 3 is 2.09 bits per heavy atom. The molecule has 0 aliphatic heterocycles. The van der Waals surface area contributed by atoms with Crippen LogP contribution in [0.4, 0.5) is 0 Å². The van der Waals surface area contributed by atoms with Gasteiger partial charge in [-0.25, -0.2) is 4.79 Å². The molecule has 122 valence electrons. The van der Waals surface area contributed by atoms with Crippen molar-refractivity contribution in [3.8, 4) is 5.75 Å². The van der Waals surface area contributed by atoms with Gasteiger partial charge < -0.3 is 9.84 Å². The SMILES string of the molecule is Cc1cc(C)cc(O[C@@H](Cc2ccc(C(C)C)cc2)C(=O)O)c1. The molecule has 1 atom stereocenters. The molecule has 0 heterocycles. The van der Waals surface area contributed by atoms with Crippen LogP contribution in [0.5, 0.6) is 5.75 Å². The largest absolute Gasteiger partial charge is 0.478 e. The van der Waals surface area contributed by atoms with Gasteiger partial charge in [0, 0.05) is 6.42 Å². The Labute approximate surface area is 137 Å². The third-order valence-electron chi connectivity index (χ3n) is 3.82. The van der Waals surface area contributed by atoms with Crippen LogP contribution in [0.1, 0.15) is 42.0 Å². The predicted octanol–water partition coefficient (Wildman–Crippen LogP) is 4.50. The van der Waals surface area contributed by atoms with Crippen LogP contribution in [0.2, 0.25) is 0 Å². The monoisotopic (exact) mass is 312 g/mol. The van der Waals surface area contributed by atoms with Gasteiger partial charge >= 0.3 is 5.97 Å². The molecule has 2 rings (SSSR count). The van der Waals surface area contributed by atoms with Gasteiger partial charge in [0.15, 0.2) is 6.10 Å². The van der Waals surface area contributed by atoms with Crippen molar-refractivity contribution in [2.24, 2.45) is 0 Å². The first-order valence-electron chi connectivity index (χ1n) is 7.91. The van der Waals surface area contributed by atoms with E-state index in [1.165, 1.54) is 5.56 Å². The molecule has 0 radical (unpaired) electrons. The summed E-state index contributed by atoms with van der Waals surface area (Å²) in [6.07, 6.45) is -0.540. The van der Waals surface area contributed by atoms with E-state index in [1.54, 1.807) is 0 Å². The number of benzene rings is 2. The van der Waals surface area contributed by atoms with Crippen LogP contribution in [0.25, 0.3) is 0 Å². The standard InChI is InChI=1S/C20H24O3/c1-13(2)17-7-5-16(6-8-17)12-19(20(21)22)23-18-10-14(3)9-15(4)11-18/h5-11,13,19H,12H2,1-4H3,(H,21,22)/t19-/m0/s1. The minimum atomic E-state index is -0.947. The van der Waals surface area contributed by atoms with Crippen molar-refractivity contribution in [1.82, 2.24) is 0 Å². The number of carboxylic acid groups (broad SMARTS) is 1. The Morgan fingerprint density at radius 1 is 1.04 bits per heavy atom. The fourth-order valence-electron chi connectivity index (χ4n) is 2.60. The summed E-state index contributed by atoms with van der Waals surface area (Å²) in [6.45, 7) is 8.22. The van der Waals surface area contributed by atoms with Gasteiger partial charge in [0.05, 0.1) is 0 Å². The quantitative estimate of drug-likeness (QED) is 0.854. The summed E-state index contributed by atoms with van der Waals surface area (Å²) in [4.78, 5) is 11.5. The van der Waals surface area contributed by atoms with Gasteiger partial charge in [-0.2, -0.15) is 0 Å². The molecular formula is C20H24O3. The van der Waals surface area contributed by atoms with Crippen LogP contribution < -0.4 is 4.74 Å². The number of carbonyl (C=O) groups is 1. The number of carboxylic acids is 1. The molecule has 0 spiro atoms. The first-order chi connectivity index (χ1) is 10.8. The number of ether oxygens (including phenoxy) is 1. The second-order valence-corrected chi connectivity index (χ2v) is 6.37. The maximum Gasteiger partial charge on any atom is 0.345 e. The highest BCUT2D eigenvalue weighted by molar-refractivity contribution is 5.73. The summed E-state index contributed by atoms with van der Waals surface area (Å²) in [7, 11) is 0. The normalized spacial score (nSPS) is 12.2. The topological polar surface area (TPSA) is 46.5 Å². The van der Waals surface area contributed by atoms with Crippen LogP contribution in [0.15, 0.2) is 42.5 Å². The number of aliphatic carboxylic acids is 1. The van der Waals surface area contributed by atoms with Crippen LogP contribution in [-0.2, 0) is 11.2 Å². The molecule has 3 nitrogen and oxygen atoms in total. The zero-order chi connectivity index (χ0) is 17.0. The van der Waals surface area contributed by atoms with E-state index in [9.17, 15) is 9.90 Å². The van der Waals surface area contributed by atoms with Crippen molar-refractivity contribution < 1.29 is 14.6 Å². The Hall–Kier alpha value is -2.29. The van der Waals surface area contributed by atoms with Gasteiger partial charge in [0.25, 0.3) is 0 Å². The molecule has 0 saturated carbocycles. The van der Waals surface area contributed by atoms with Gasteiger partial charge in [-0.05, 0) is 54.2 Å². The van der Waals surface area contributed by atoms with Crippen LogP contribution in [-0.4, -0.2) is 17.2 Å². The molecule has 0 fully saturated rings. The highest BCUT2D eigenvalue weighted by Crippen LogP contribution is 2.20. The van der Waals surface area contributed by atoms with E-state index >= 15 is 0 Å². The molecule has 0 bridgehead atoms. The first-order valence-corrected chi connectivity index (χ1v) is 7.91. The van der Waals surface area contributed by atoms with E-state index in [0.29, 0.717) is 18.1 Å². The molecule has 3 heteroatoms. The zero-order valence-corrected chi connectivity index (χ0v) is 14.2. The molecule has 0 aliphatic rings. The lowest BCUT2D eigenvalue weighted by molar-refractivity contribution is -0.145. The average Bonchev–Trinajstić information content (AvgIpc) is 2.46. The molecule has 23 heavy (non-hydrogen) atoms. The second kappa shape index (κ2) is 7.32. The molecular weight excluding hydrogens is 288 g/mol. The summed E-state index contributed by atoms with van der Waals surface area (Å²) in [6, 6.07) is 13.8. The van der Waals surface area contributed by atoms with E-state index in [4.69, 9.17) is 4.74 Å². The van der Waals surface area contributed by atoms with Crippen molar-refractivity contribution in [2.45, 2.75) is 46.1 Å². The second-order valence-electron chi connectivity index (χ2n) is 6.37. The number of hydrogen-bond donors (Lipinski definition) is 1. The van der Waals surface area contributed by atoms with Gasteiger partial charge in [0.2, 0.25) is 0 Å². The van der Waals surface area contributed by atoms with Crippen molar-refractivity contribution in [3.63, 3.8) is 0 Å². The summed E-state index contributed by atoms with van der Waals surface area (Å²) in [5.74, 6) is 0.122. The summed E-state index contributed by atoms with van der Waals surface area (Å²) >= 11 is 0. The molecule has 2 aromatic carbocycles. The fraction of sp³-hybridized carbons (Fsp3) is 0.350. The third-order valence-corrected chi connectivity index (χ3v) is 3.82. The summed E-state index contributed by atoms with van der Waals surface area (Å²) in [5.41, 5.74) is 4.33. The van der Waals surface area contributed by atoms with Crippen LogP contribution in [0, 0.1) is 13.8 Å². The van der Waals surface area contributed by atoms with Gasteiger partial charge in [-0.3, -0.25) is 0 Å². The number of rotatable bonds is 6. The summed E-state index contributed by atoms with van der Waals surface area (Å²) < 4.78 is 5.72. The third kappa shape index (κ3) is 4.85. The maximum atomic E-state index is 11.5. The van der Waals surface area contributed by atoms with E-state index in [0.717, 1.165) is 16.7 Å². The van der Waals surface area contributed by atoms with E-state index in [1.807, 2.05) is 44.2 Å². The Bertz CT molecular complexity index is 652. The predicted molar refractivity (Wildman–Crippen MR) is 92.2 cm³/mol. The smallest absolute Gasteiger partial charge is 0.345 e. The lowest BCUT2D eigenvalue weighted by Gasteiger charge is -2.16. The van der Waals surface area contributed by atoms with Crippen LogP contribution >= 0.6 is 0 Å². The van der Waals surface area contributed by atoms with Crippen molar-refractivity contribution in [3.05, 3.63) is 64.7 Å². The first kappa shape index (κ1) is 17.1. The fourth-order valence-corrected chi connectivity index (χ4v) is 2.60. The van der Waals surface area contributed by atoms with Gasteiger partial charge in [-0.1, -0.05) is 44.2 Å². The van der Waals surface area contributed by atoms with Gasteiger partial charge in [-0.15, -0.1) is 0 Å². The lowest BCUT2D eigenvalue weighted by atomic mass is 9.99. The van der Waals surface area contributed by atoms with Crippen molar-refractivity contribution in [1.29, 1.82) is 0 Å². The highest BCUT2D eigenvalue weighted by atomic mass is 16.5. The number of hydrogen-bond acceptors (Lipinski definition) is 2. The number of aryl methyl sites for hydroxylation is 2. The van der Waals surface area contributed by atoms with Crippen LogP contribution in [0.3, 0.4) is 0 Å². The molecule has 1 N–H and O–H groups in total. The van der Waals surface area contributed by atoms with Gasteiger partial charge in [0.1, 0.15) is 5.75 Å². The minimum Gasteiger partial charge on any atom is -0.478 e. The van der Waals surface area contributed by atoms with Crippen molar-refractivity contribution in [2.75, 3.05) is 0 Å². The van der Waals surface area contributed by atoms with E-state index in [2.05, 4.69) is 26.0 Å². The lowest BCUT2D eigenvalue weighted by Crippen LogP contribution is -2.29. The highest BCUT2D eigenvalue weighted by Gasteiger charge is 2.20. The Morgan fingerprint density at radius 2 is 1.61 bits per heavy atom. The molecule has 0 unspecified atom stereocenters. The minimum absolute atomic E-state index is 0.348.